The molecule has 0 aliphatic rings. The van der Waals surface area contributed by atoms with E-state index in [1.54, 1.807) is 6.08 Å². The molecule has 0 aromatic rings. The summed E-state index contributed by atoms with van der Waals surface area (Å²) in [6.07, 6.45) is 18.3. The molecule has 29 heavy (non-hydrogen) atoms. The maximum atomic E-state index is 6.12. The van der Waals surface area contributed by atoms with Crippen molar-refractivity contribution in [1.29, 1.82) is 0 Å². The molecule has 3 nitrogen and oxygen atoms in total. The van der Waals surface area contributed by atoms with Crippen LogP contribution in [0, 0.1) is 0 Å². The molecule has 0 spiro atoms. The van der Waals surface area contributed by atoms with Crippen LogP contribution in [0.5, 0.6) is 0 Å². The molecule has 0 atom stereocenters. The van der Waals surface area contributed by atoms with Crippen molar-refractivity contribution < 1.29 is 14.2 Å². The highest BCUT2D eigenvalue weighted by molar-refractivity contribution is 5.31. The van der Waals surface area contributed by atoms with Gasteiger partial charge in [-0.1, -0.05) is 85.1 Å². The van der Waals surface area contributed by atoms with Gasteiger partial charge in [-0.2, -0.15) is 0 Å². The first kappa shape index (κ1) is 27.8. The normalized spacial score (nSPS) is 12.6. The minimum absolute atomic E-state index is 0.578. The molecule has 0 heterocycles. The first-order valence-electron chi connectivity index (χ1n) is 12.1. The van der Waals surface area contributed by atoms with Crippen molar-refractivity contribution in [2.24, 2.45) is 0 Å². The second kappa shape index (κ2) is 21.5. The zero-order chi connectivity index (χ0) is 21.6. The van der Waals surface area contributed by atoms with Gasteiger partial charge in [0.25, 0.3) is 0 Å². The van der Waals surface area contributed by atoms with Crippen LogP contribution in [-0.4, -0.2) is 26.4 Å². The lowest BCUT2D eigenvalue weighted by atomic mass is 10.2. The van der Waals surface area contributed by atoms with Crippen LogP contribution in [0.2, 0.25) is 0 Å². The molecule has 0 aromatic carbocycles. The second-order valence-corrected chi connectivity index (χ2v) is 7.72. The first-order chi connectivity index (χ1) is 14.2. The van der Waals surface area contributed by atoms with Crippen LogP contribution < -0.4 is 0 Å². The highest BCUT2D eigenvalue weighted by Crippen LogP contribution is 2.19. The predicted molar refractivity (Wildman–Crippen MR) is 126 cm³/mol. The SMILES string of the molecule is C=C/C(OCCCCCC)=C(C)\C(=C/COCCCCCC)OCCCCCC. The van der Waals surface area contributed by atoms with Gasteiger partial charge in [-0.3, -0.25) is 0 Å². The average molecular weight is 409 g/mol. The molecule has 0 aliphatic carbocycles. The van der Waals surface area contributed by atoms with Crippen LogP contribution in [-0.2, 0) is 14.2 Å². The van der Waals surface area contributed by atoms with E-state index in [4.69, 9.17) is 14.2 Å². The topological polar surface area (TPSA) is 27.7 Å². The Morgan fingerprint density at radius 3 is 1.72 bits per heavy atom. The molecule has 0 rings (SSSR count). The zero-order valence-electron chi connectivity index (χ0n) is 19.9. The summed E-state index contributed by atoms with van der Waals surface area (Å²) in [6, 6.07) is 0. The first-order valence-corrected chi connectivity index (χ1v) is 12.1. The van der Waals surface area contributed by atoms with E-state index < -0.39 is 0 Å². The zero-order valence-corrected chi connectivity index (χ0v) is 19.9. The summed E-state index contributed by atoms with van der Waals surface area (Å²) in [5.74, 6) is 1.70. The Hall–Kier alpha value is -1.22. The summed E-state index contributed by atoms with van der Waals surface area (Å²) in [7, 11) is 0. The van der Waals surface area contributed by atoms with E-state index in [1.165, 1.54) is 57.8 Å². The highest BCUT2D eigenvalue weighted by Gasteiger charge is 2.09. The predicted octanol–water partition coefficient (Wildman–Crippen LogP) is 8.12. The van der Waals surface area contributed by atoms with E-state index in [2.05, 4.69) is 40.3 Å². The van der Waals surface area contributed by atoms with Gasteiger partial charge in [0.2, 0.25) is 0 Å². The van der Waals surface area contributed by atoms with Crippen molar-refractivity contribution in [3.63, 3.8) is 0 Å². The molecule has 0 saturated heterocycles. The van der Waals surface area contributed by atoms with E-state index in [9.17, 15) is 0 Å². The van der Waals surface area contributed by atoms with E-state index in [-0.39, 0.29) is 0 Å². The third kappa shape index (κ3) is 16.3. The van der Waals surface area contributed by atoms with Gasteiger partial charge in [0, 0.05) is 12.2 Å². The molecule has 0 fully saturated rings. The number of rotatable bonds is 21. The van der Waals surface area contributed by atoms with Crippen molar-refractivity contribution in [3.05, 3.63) is 35.8 Å². The van der Waals surface area contributed by atoms with Gasteiger partial charge in [-0.05, 0) is 38.3 Å². The molecule has 0 N–H and O–H groups in total. The van der Waals surface area contributed by atoms with E-state index in [0.717, 1.165) is 56.2 Å². The van der Waals surface area contributed by atoms with Gasteiger partial charge in [0.15, 0.2) is 0 Å². The quantitative estimate of drug-likeness (QED) is 0.109. The Bertz CT molecular complexity index is 437. The van der Waals surface area contributed by atoms with Gasteiger partial charge in [0.05, 0.1) is 19.8 Å². The van der Waals surface area contributed by atoms with Crippen LogP contribution >= 0.6 is 0 Å². The van der Waals surface area contributed by atoms with Gasteiger partial charge < -0.3 is 14.2 Å². The van der Waals surface area contributed by atoms with E-state index >= 15 is 0 Å². The molecular weight excluding hydrogens is 360 g/mol. The lowest BCUT2D eigenvalue weighted by molar-refractivity contribution is 0.149. The lowest BCUT2D eigenvalue weighted by Crippen LogP contribution is -2.04. The van der Waals surface area contributed by atoms with Crippen LogP contribution in [0.15, 0.2) is 35.8 Å². The second-order valence-electron chi connectivity index (χ2n) is 7.72. The van der Waals surface area contributed by atoms with Crippen LogP contribution in [0.1, 0.15) is 105 Å². The average Bonchev–Trinajstić information content (AvgIpc) is 2.73. The molecule has 170 valence electrons. The molecule has 0 bridgehead atoms. The minimum atomic E-state index is 0.578. The summed E-state index contributed by atoms with van der Waals surface area (Å²) < 4.78 is 17.9. The van der Waals surface area contributed by atoms with Crippen molar-refractivity contribution in [2.75, 3.05) is 26.4 Å². The van der Waals surface area contributed by atoms with Crippen molar-refractivity contribution in [1.82, 2.24) is 0 Å². The van der Waals surface area contributed by atoms with Crippen LogP contribution in [0.3, 0.4) is 0 Å². The standard InChI is InChI=1S/C26H48O3/c1-6-10-13-16-20-27-23-19-26(29-22-18-15-12-8-3)24(5)25(9-4)28-21-17-14-11-7-2/h9,19H,4,6-8,10-18,20-23H2,1-3,5H3/b25-24+,26-19+. The van der Waals surface area contributed by atoms with Gasteiger partial charge in [0.1, 0.15) is 11.5 Å². The largest absolute Gasteiger partial charge is 0.493 e. The van der Waals surface area contributed by atoms with Crippen LogP contribution in [0.25, 0.3) is 0 Å². The van der Waals surface area contributed by atoms with Crippen molar-refractivity contribution >= 4 is 0 Å². The highest BCUT2D eigenvalue weighted by atomic mass is 16.5. The molecule has 0 unspecified atom stereocenters. The monoisotopic (exact) mass is 408 g/mol. The number of ether oxygens (including phenoxy) is 3. The summed E-state index contributed by atoms with van der Waals surface area (Å²) in [4.78, 5) is 0. The number of allylic oxidation sites excluding steroid dienone is 2. The molecule has 0 aromatic heterocycles. The summed E-state index contributed by atoms with van der Waals surface area (Å²) in [6.45, 7) is 15.5. The Morgan fingerprint density at radius 2 is 1.21 bits per heavy atom. The molecule has 3 heteroatoms. The third-order valence-electron chi connectivity index (χ3n) is 4.96. The Labute approximate surface area is 181 Å². The summed E-state index contributed by atoms with van der Waals surface area (Å²) >= 11 is 0. The smallest absolute Gasteiger partial charge is 0.125 e. The number of hydrogen-bond acceptors (Lipinski definition) is 3. The van der Waals surface area contributed by atoms with Crippen LogP contribution in [0.4, 0.5) is 0 Å². The Morgan fingerprint density at radius 1 is 0.690 bits per heavy atom. The van der Waals surface area contributed by atoms with E-state index in [1.807, 2.05) is 0 Å². The number of hydrogen-bond donors (Lipinski definition) is 0. The van der Waals surface area contributed by atoms with Crippen molar-refractivity contribution in [3.8, 4) is 0 Å². The summed E-state index contributed by atoms with van der Waals surface area (Å²) in [5.41, 5.74) is 1.01. The van der Waals surface area contributed by atoms with Gasteiger partial charge in [-0.25, -0.2) is 0 Å². The number of unbranched alkanes of at least 4 members (excludes halogenated alkanes) is 9. The minimum Gasteiger partial charge on any atom is -0.493 e. The maximum absolute atomic E-state index is 6.12. The molecule has 0 saturated carbocycles. The lowest BCUT2D eigenvalue weighted by Gasteiger charge is -2.16. The third-order valence-corrected chi connectivity index (χ3v) is 4.96. The van der Waals surface area contributed by atoms with E-state index in [0.29, 0.717) is 6.61 Å². The molecule has 0 aliphatic heterocycles. The molecular formula is C26H48O3. The van der Waals surface area contributed by atoms with Crippen molar-refractivity contribution in [2.45, 2.75) is 105 Å². The Balaban J connectivity index is 4.73. The maximum Gasteiger partial charge on any atom is 0.125 e. The van der Waals surface area contributed by atoms with Gasteiger partial charge >= 0.3 is 0 Å². The summed E-state index contributed by atoms with van der Waals surface area (Å²) in [5, 5.41) is 0. The molecule has 0 amide bonds. The fourth-order valence-corrected chi connectivity index (χ4v) is 3.03. The fraction of sp³-hybridized carbons (Fsp3) is 0.769. The Kier molecular flexibility index (Phi) is 20.6. The fourth-order valence-electron chi connectivity index (χ4n) is 3.03. The molecule has 0 radical (unpaired) electrons. The van der Waals surface area contributed by atoms with Gasteiger partial charge in [-0.15, -0.1) is 0 Å².